The molecule has 1 aromatic carbocycles. The third-order valence-electron chi connectivity index (χ3n) is 4.42. The van der Waals surface area contributed by atoms with Gasteiger partial charge in [0.05, 0.1) is 0 Å². The Morgan fingerprint density at radius 1 is 1.25 bits per heavy atom. The number of carbonyl (C=O) groups excluding carboxylic acids is 1. The summed E-state index contributed by atoms with van der Waals surface area (Å²) in [5.41, 5.74) is 1.07. The second-order valence-electron chi connectivity index (χ2n) is 6.51. The van der Waals surface area contributed by atoms with Gasteiger partial charge in [-0.05, 0) is 24.6 Å². The lowest BCUT2D eigenvalue weighted by molar-refractivity contribution is -0.121. The number of aromatic nitrogens is 4. The molecule has 0 radical (unpaired) electrons. The van der Waals surface area contributed by atoms with Crippen LogP contribution in [0.5, 0.6) is 5.75 Å². The summed E-state index contributed by atoms with van der Waals surface area (Å²) in [5.74, 6) is 1.24. The van der Waals surface area contributed by atoms with Crippen LogP contribution in [0.15, 0.2) is 48.7 Å². The Kier molecular flexibility index (Phi) is 5.00. The first-order chi connectivity index (χ1) is 13.6. The Hall–Kier alpha value is -3.30. The maximum atomic E-state index is 12.5. The topological polar surface area (TPSA) is 125 Å². The quantitative estimate of drug-likeness (QED) is 0.490. The molecule has 28 heavy (non-hydrogen) atoms. The van der Waals surface area contributed by atoms with Crippen LogP contribution < -0.4 is 15.4 Å². The van der Waals surface area contributed by atoms with Gasteiger partial charge in [0.15, 0.2) is 23.6 Å². The second-order valence-corrected chi connectivity index (χ2v) is 6.51. The number of nitrogens with zero attached hydrogens (tertiary/aromatic N) is 3. The van der Waals surface area contributed by atoms with Gasteiger partial charge in [-0.1, -0.05) is 30.3 Å². The monoisotopic (exact) mass is 380 g/mol. The van der Waals surface area contributed by atoms with E-state index in [-0.39, 0.29) is 11.7 Å². The first-order valence-corrected chi connectivity index (χ1v) is 8.92. The molecule has 3 aromatic rings. The third kappa shape index (κ3) is 3.85. The van der Waals surface area contributed by atoms with E-state index in [1.165, 1.54) is 0 Å². The van der Waals surface area contributed by atoms with Crippen molar-refractivity contribution in [2.45, 2.75) is 31.7 Å². The molecule has 2 aromatic heterocycles. The van der Waals surface area contributed by atoms with E-state index in [4.69, 9.17) is 4.74 Å². The number of hydrogen-bond acceptors (Lipinski definition) is 7. The van der Waals surface area contributed by atoms with Gasteiger partial charge in [0.2, 0.25) is 5.91 Å². The predicted molar refractivity (Wildman–Crippen MR) is 100 cm³/mol. The van der Waals surface area contributed by atoms with E-state index < -0.39 is 18.4 Å². The SMILES string of the molecule is C[C@@H]1Oc2cccnc2NC(=O)[C@H]1NC(O)c1n[nH]c(Cc2ccccc2)n1. The number of amides is 1. The fourth-order valence-corrected chi connectivity index (χ4v) is 3.01. The molecule has 3 atom stereocenters. The smallest absolute Gasteiger partial charge is 0.246 e. The standard InChI is InChI=1S/C19H20N6O3/c1-11-15(18(26)23-16-13(28-11)8-5-9-20-16)22-19(27)17-21-14(24-25-17)10-12-6-3-2-4-7-12/h2-9,11,15,19,22,27H,10H2,1H3,(H,20,23,26)(H,21,24,25)/t11-,15-,19?/m0/s1. The zero-order valence-electron chi connectivity index (χ0n) is 15.2. The van der Waals surface area contributed by atoms with Gasteiger partial charge in [0.25, 0.3) is 0 Å². The Morgan fingerprint density at radius 2 is 2.07 bits per heavy atom. The number of aliphatic hydroxyl groups is 1. The highest BCUT2D eigenvalue weighted by Gasteiger charge is 2.34. The van der Waals surface area contributed by atoms with Crippen LogP contribution in [-0.4, -0.2) is 43.3 Å². The van der Waals surface area contributed by atoms with Gasteiger partial charge in [0, 0.05) is 12.6 Å². The molecular weight excluding hydrogens is 360 g/mol. The van der Waals surface area contributed by atoms with E-state index in [2.05, 4.69) is 30.8 Å². The molecule has 144 valence electrons. The molecule has 0 saturated heterocycles. The molecule has 1 amide bonds. The molecule has 0 aliphatic carbocycles. The van der Waals surface area contributed by atoms with Crippen LogP contribution in [0.2, 0.25) is 0 Å². The number of aliphatic hydroxyl groups excluding tert-OH is 1. The minimum Gasteiger partial charge on any atom is -0.485 e. The number of rotatable bonds is 5. The molecule has 1 aliphatic rings. The van der Waals surface area contributed by atoms with Crippen molar-refractivity contribution >= 4 is 11.7 Å². The molecule has 4 rings (SSSR count). The lowest BCUT2D eigenvalue weighted by atomic mass is 10.1. The fraction of sp³-hybridized carbons (Fsp3) is 0.263. The number of pyridine rings is 1. The van der Waals surface area contributed by atoms with Gasteiger partial charge in [-0.15, -0.1) is 0 Å². The van der Waals surface area contributed by atoms with E-state index in [0.717, 1.165) is 5.56 Å². The van der Waals surface area contributed by atoms with Crippen LogP contribution in [0.25, 0.3) is 0 Å². The average molecular weight is 380 g/mol. The lowest BCUT2D eigenvalue weighted by Crippen LogP contribution is -2.50. The number of carbonyl (C=O) groups is 1. The Labute approximate surface area is 161 Å². The molecule has 0 bridgehead atoms. The van der Waals surface area contributed by atoms with Crippen LogP contribution in [0.3, 0.4) is 0 Å². The van der Waals surface area contributed by atoms with Crippen LogP contribution in [0.1, 0.15) is 30.4 Å². The van der Waals surface area contributed by atoms with Gasteiger partial charge in [-0.25, -0.2) is 9.97 Å². The minimum absolute atomic E-state index is 0.158. The maximum absolute atomic E-state index is 12.5. The lowest BCUT2D eigenvalue weighted by Gasteiger charge is -2.23. The van der Waals surface area contributed by atoms with Crippen molar-refractivity contribution in [3.8, 4) is 5.75 Å². The minimum atomic E-state index is -1.24. The molecule has 9 nitrogen and oxygen atoms in total. The number of hydrogen-bond donors (Lipinski definition) is 4. The number of aromatic amines is 1. The highest BCUT2D eigenvalue weighted by molar-refractivity contribution is 5.96. The Balaban J connectivity index is 1.45. The summed E-state index contributed by atoms with van der Waals surface area (Å²) in [4.78, 5) is 21.0. The second kappa shape index (κ2) is 7.75. The van der Waals surface area contributed by atoms with Crippen molar-refractivity contribution in [2.24, 2.45) is 0 Å². The summed E-state index contributed by atoms with van der Waals surface area (Å²) >= 11 is 0. The van der Waals surface area contributed by atoms with Crippen molar-refractivity contribution in [2.75, 3.05) is 5.32 Å². The summed E-state index contributed by atoms with van der Waals surface area (Å²) in [5, 5.41) is 22.9. The molecule has 0 spiro atoms. The molecule has 0 fully saturated rings. The largest absolute Gasteiger partial charge is 0.485 e. The molecule has 3 heterocycles. The third-order valence-corrected chi connectivity index (χ3v) is 4.42. The number of nitrogens with one attached hydrogen (secondary N) is 3. The highest BCUT2D eigenvalue weighted by atomic mass is 16.5. The average Bonchev–Trinajstić information content (AvgIpc) is 3.12. The highest BCUT2D eigenvalue weighted by Crippen LogP contribution is 2.26. The van der Waals surface area contributed by atoms with Crippen molar-refractivity contribution in [3.05, 3.63) is 65.9 Å². The maximum Gasteiger partial charge on any atom is 0.246 e. The van der Waals surface area contributed by atoms with Crippen molar-refractivity contribution in [3.63, 3.8) is 0 Å². The first kappa shape index (κ1) is 18.1. The zero-order chi connectivity index (χ0) is 19.5. The van der Waals surface area contributed by atoms with Gasteiger partial charge in [0.1, 0.15) is 18.0 Å². The summed E-state index contributed by atoms with van der Waals surface area (Å²) in [6, 6.07) is 12.4. The predicted octanol–water partition coefficient (Wildman–Crippen LogP) is 1.16. The van der Waals surface area contributed by atoms with E-state index in [0.29, 0.717) is 23.8 Å². The van der Waals surface area contributed by atoms with Gasteiger partial charge < -0.3 is 15.2 Å². The van der Waals surface area contributed by atoms with Crippen molar-refractivity contribution in [1.29, 1.82) is 0 Å². The summed E-state index contributed by atoms with van der Waals surface area (Å²) in [6.07, 6.45) is 0.349. The number of H-pyrrole nitrogens is 1. The normalized spacial score (nSPS) is 19.9. The van der Waals surface area contributed by atoms with Gasteiger partial charge in [-0.3, -0.25) is 15.2 Å². The fourth-order valence-electron chi connectivity index (χ4n) is 3.01. The van der Waals surface area contributed by atoms with Crippen LogP contribution in [-0.2, 0) is 11.2 Å². The number of benzene rings is 1. The molecule has 9 heteroatoms. The summed E-state index contributed by atoms with van der Waals surface area (Å²) in [6.45, 7) is 1.74. The first-order valence-electron chi connectivity index (χ1n) is 8.92. The summed E-state index contributed by atoms with van der Waals surface area (Å²) in [7, 11) is 0. The number of anilines is 1. The van der Waals surface area contributed by atoms with Crippen LogP contribution in [0, 0.1) is 0 Å². The van der Waals surface area contributed by atoms with Gasteiger partial charge in [-0.2, -0.15) is 5.10 Å². The van der Waals surface area contributed by atoms with E-state index in [1.807, 2.05) is 30.3 Å². The molecule has 0 saturated carbocycles. The van der Waals surface area contributed by atoms with E-state index in [9.17, 15) is 9.90 Å². The van der Waals surface area contributed by atoms with Crippen molar-refractivity contribution in [1.82, 2.24) is 25.5 Å². The summed E-state index contributed by atoms with van der Waals surface area (Å²) < 4.78 is 5.79. The Morgan fingerprint density at radius 3 is 2.89 bits per heavy atom. The molecule has 4 N–H and O–H groups in total. The molecule has 1 unspecified atom stereocenters. The van der Waals surface area contributed by atoms with Gasteiger partial charge >= 0.3 is 0 Å². The van der Waals surface area contributed by atoms with Crippen LogP contribution in [0.4, 0.5) is 5.82 Å². The molecule has 1 aliphatic heterocycles. The van der Waals surface area contributed by atoms with E-state index >= 15 is 0 Å². The Bertz CT molecular complexity index is 961. The number of fused-ring (bicyclic) bond motifs is 1. The molecular formula is C19H20N6O3. The number of ether oxygens (including phenoxy) is 1. The van der Waals surface area contributed by atoms with E-state index in [1.54, 1.807) is 25.3 Å². The zero-order valence-corrected chi connectivity index (χ0v) is 15.2. The van der Waals surface area contributed by atoms with Crippen molar-refractivity contribution < 1.29 is 14.6 Å². The van der Waals surface area contributed by atoms with Crippen LogP contribution >= 0.6 is 0 Å².